The predicted octanol–water partition coefficient (Wildman–Crippen LogP) is 2.17. The fraction of sp³-hybridized carbons (Fsp3) is 0.615. The van der Waals surface area contributed by atoms with Crippen LogP contribution in [0.15, 0.2) is 17.5 Å². The van der Waals surface area contributed by atoms with Gasteiger partial charge in [-0.05, 0) is 36.9 Å². The van der Waals surface area contributed by atoms with Crippen LogP contribution in [0.25, 0.3) is 0 Å². The number of carbonyl (C=O) groups excluding carboxylic acids is 1. The van der Waals surface area contributed by atoms with E-state index in [1.165, 1.54) is 4.88 Å². The van der Waals surface area contributed by atoms with Gasteiger partial charge in [0.05, 0.1) is 6.04 Å². The molecule has 1 fully saturated rings. The average molecular weight is 252 g/mol. The van der Waals surface area contributed by atoms with E-state index in [2.05, 4.69) is 29.0 Å². The number of carbonyl (C=O) groups is 1. The number of rotatable bonds is 5. The fourth-order valence-corrected chi connectivity index (χ4v) is 2.91. The van der Waals surface area contributed by atoms with Crippen molar-refractivity contribution in [2.24, 2.45) is 11.8 Å². The average Bonchev–Trinajstić information content (AvgIpc) is 2.76. The Hall–Kier alpha value is -0.870. The van der Waals surface area contributed by atoms with Gasteiger partial charge in [-0.2, -0.15) is 0 Å². The molecule has 2 N–H and O–H groups in total. The zero-order chi connectivity index (χ0) is 12.3. The first-order valence-corrected chi connectivity index (χ1v) is 7.14. The molecule has 2 rings (SSSR count). The summed E-state index contributed by atoms with van der Waals surface area (Å²) in [6.07, 6.45) is 0.946. The zero-order valence-corrected chi connectivity index (χ0v) is 11.2. The van der Waals surface area contributed by atoms with E-state index in [0.717, 1.165) is 19.5 Å². The Morgan fingerprint density at radius 3 is 2.88 bits per heavy atom. The van der Waals surface area contributed by atoms with Gasteiger partial charge < -0.3 is 10.6 Å². The summed E-state index contributed by atoms with van der Waals surface area (Å²) in [6, 6.07) is 4.31. The summed E-state index contributed by atoms with van der Waals surface area (Å²) in [5.41, 5.74) is 0. The lowest BCUT2D eigenvalue weighted by atomic mass is 9.88. The molecule has 1 aliphatic rings. The van der Waals surface area contributed by atoms with Crippen LogP contribution in [0.5, 0.6) is 0 Å². The Morgan fingerprint density at radius 1 is 1.65 bits per heavy atom. The van der Waals surface area contributed by atoms with Gasteiger partial charge in [-0.25, -0.2) is 0 Å². The van der Waals surface area contributed by atoms with Crippen molar-refractivity contribution in [2.75, 3.05) is 13.1 Å². The highest BCUT2D eigenvalue weighted by Gasteiger charge is 2.29. The van der Waals surface area contributed by atoms with Gasteiger partial charge in [0.25, 0.3) is 0 Å². The van der Waals surface area contributed by atoms with E-state index in [-0.39, 0.29) is 17.9 Å². The quantitative estimate of drug-likeness (QED) is 0.843. The van der Waals surface area contributed by atoms with Gasteiger partial charge in [-0.15, -0.1) is 11.3 Å². The van der Waals surface area contributed by atoms with Gasteiger partial charge in [0.15, 0.2) is 0 Å². The predicted molar refractivity (Wildman–Crippen MR) is 71.0 cm³/mol. The Morgan fingerprint density at radius 2 is 2.41 bits per heavy atom. The van der Waals surface area contributed by atoms with Gasteiger partial charge in [-0.1, -0.05) is 19.9 Å². The largest absolute Gasteiger partial charge is 0.348 e. The lowest BCUT2D eigenvalue weighted by Gasteiger charge is -2.32. The second-order valence-corrected chi connectivity index (χ2v) is 5.67. The summed E-state index contributed by atoms with van der Waals surface area (Å²) in [6.45, 7) is 6.09. The summed E-state index contributed by atoms with van der Waals surface area (Å²) in [4.78, 5) is 13.4. The second-order valence-electron chi connectivity index (χ2n) is 4.69. The molecule has 1 saturated heterocycles. The van der Waals surface area contributed by atoms with Crippen molar-refractivity contribution in [2.45, 2.75) is 26.3 Å². The second kappa shape index (κ2) is 5.65. The standard InChI is InChI=1S/C13H20N2OS/c1-3-11(12-5-4-6-17-12)15-13(16)9(2)10-7-14-8-10/h4-6,9-11,14H,3,7-8H2,1-2H3,(H,15,16). The number of hydrogen-bond donors (Lipinski definition) is 2. The van der Waals surface area contributed by atoms with Gasteiger partial charge in [0.2, 0.25) is 5.91 Å². The lowest BCUT2D eigenvalue weighted by molar-refractivity contribution is -0.127. The van der Waals surface area contributed by atoms with E-state index in [1.807, 2.05) is 13.0 Å². The van der Waals surface area contributed by atoms with E-state index >= 15 is 0 Å². The summed E-state index contributed by atoms with van der Waals surface area (Å²) in [5, 5.41) is 8.43. The van der Waals surface area contributed by atoms with Crippen molar-refractivity contribution < 1.29 is 4.79 Å². The smallest absolute Gasteiger partial charge is 0.223 e. The summed E-state index contributed by atoms with van der Waals surface area (Å²) in [7, 11) is 0. The first-order chi connectivity index (χ1) is 8.22. The van der Waals surface area contributed by atoms with Crippen LogP contribution in [0, 0.1) is 11.8 Å². The van der Waals surface area contributed by atoms with Gasteiger partial charge in [0, 0.05) is 10.8 Å². The van der Waals surface area contributed by atoms with Crippen molar-refractivity contribution in [3.8, 4) is 0 Å². The van der Waals surface area contributed by atoms with E-state index in [0.29, 0.717) is 5.92 Å². The normalized spacial score (nSPS) is 19.4. The highest BCUT2D eigenvalue weighted by Crippen LogP contribution is 2.23. The Labute approximate surface area is 107 Å². The Bertz CT molecular complexity index is 360. The first kappa shape index (κ1) is 12.6. The van der Waals surface area contributed by atoms with Crippen molar-refractivity contribution in [1.82, 2.24) is 10.6 Å². The maximum Gasteiger partial charge on any atom is 0.223 e. The fourth-order valence-electron chi connectivity index (χ4n) is 2.05. The SMILES string of the molecule is CCC(NC(=O)C(C)C1CNC1)c1cccs1. The Kier molecular flexibility index (Phi) is 4.18. The maximum absolute atomic E-state index is 12.1. The summed E-state index contributed by atoms with van der Waals surface area (Å²) in [5.74, 6) is 0.817. The van der Waals surface area contributed by atoms with Gasteiger partial charge >= 0.3 is 0 Å². The highest BCUT2D eigenvalue weighted by atomic mass is 32.1. The molecule has 1 aliphatic heterocycles. The topological polar surface area (TPSA) is 41.1 Å². The molecule has 0 bridgehead atoms. The summed E-state index contributed by atoms with van der Waals surface area (Å²) < 4.78 is 0. The number of amides is 1. The molecule has 94 valence electrons. The molecule has 0 aliphatic carbocycles. The molecular weight excluding hydrogens is 232 g/mol. The van der Waals surface area contributed by atoms with Crippen molar-refractivity contribution >= 4 is 17.2 Å². The van der Waals surface area contributed by atoms with Crippen molar-refractivity contribution in [1.29, 1.82) is 0 Å². The minimum atomic E-state index is 0.116. The van der Waals surface area contributed by atoms with Crippen LogP contribution in [-0.4, -0.2) is 19.0 Å². The van der Waals surface area contributed by atoms with Crippen molar-refractivity contribution in [3.63, 3.8) is 0 Å². The molecule has 17 heavy (non-hydrogen) atoms. The monoisotopic (exact) mass is 252 g/mol. The van der Waals surface area contributed by atoms with Gasteiger partial charge in [-0.3, -0.25) is 4.79 Å². The molecule has 0 spiro atoms. The minimum absolute atomic E-state index is 0.116. The van der Waals surface area contributed by atoms with Crippen LogP contribution in [0.4, 0.5) is 0 Å². The molecule has 2 unspecified atom stereocenters. The Balaban J connectivity index is 1.91. The molecular formula is C13H20N2OS. The zero-order valence-electron chi connectivity index (χ0n) is 10.4. The number of hydrogen-bond acceptors (Lipinski definition) is 3. The van der Waals surface area contributed by atoms with Crippen LogP contribution in [0.3, 0.4) is 0 Å². The molecule has 3 nitrogen and oxygen atoms in total. The molecule has 2 atom stereocenters. The number of thiophene rings is 1. The minimum Gasteiger partial charge on any atom is -0.348 e. The molecule has 1 amide bonds. The highest BCUT2D eigenvalue weighted by molar-refractivity contribution is 7.10. The van der Waals surface area contributed by atoms with E-state index in [4.69, 9.17) is 0 Å². The third-order valence-electron chi connectivity index (χ3n) is 3.55. The van der Waals surface area contributed by atoms with E-state index in [1.54, 1.807) is 11.3 Å². The van der Waals surface area contributed by atoms with Crippen LogP contribution in [0.1, 0.15) is 31.2 Å². The molecule has 4 heteroatoms. The molecule has 0 aromatic carbocycles. The van der Waals surface area contributed by atoms with Crippen LogP contribution in [0.2, 0.25) is 0 Å². The third kappa shape index (κ3) is 2.87. The first-order valence-electron chi connectivity index (χ1n) is 6.26. The molecule has 0 saturated carbocycles. The maximum atomic E-state index is 12.1. The molecule has 2 heterocycles. The van der Waals surface area contributed by atoms with Crippen LogP contribution < -0.4 is 10.6 Å². The molecule has 1 aromatic rings. The molecule has 0 radical (unpaired) electrons. The number of nitrogens with one attached hydrogen (secondary N) is 2. The molecule has 1 aromatic heterocycles. The van der Waals surface area contributed by atoms with Crippen LogP contribution in [-0.2, 0) is 4.79 Å². The van der Waals surface area contributed by atoms with Gasteiger partial charge in [0.1, 0.15) is 0 Å². The van der Waals surface area contributed by atoms with E-state index in [9.17, 15) is 4.79 Å². The van der Waals surface area contributed by atoms with Crippen LogP contribution >= 0.6 is 11.3 Å². The van der Waals surface area contributed by atoms with E-state index < -0.39 is 0 Å². The lowest BCUT2D eigenvalue weighted by Crippen LogP contribution is -2.49. The summed E-state index contributed by atoms with van der Waals surface area (Å²) >= 11 is 1.71. The third-order valence-corrected chi connectivity index (χ3v) is 4.53. The van der Waals surface area contributed by atoms with Crippen molar-refractivity contribution in [3.05, 3.63) is 22.4 Å².